The molecule has 3 aromatic rings. The molecule has 174 valence electrons. The number of benzene rings is 2. The van der Waals surface area contributed by atoms with Gasteiger partial charge in [-0.3, -0.25) is 4.79 Å². The SMILES string of the molecule is C=C/C(=C\CC)C(=O)Nc1cc(Oc2cccc(C(=C)NCc3cccc(F)c3)c2C)ccn1. The topological polar surface area (TPSA) is 63.2 Å². The normalized spacial score (nSPS) is 11.0. The zero-order chi connectivity index (χ0) is 24.5. The second-order valence-electron chi connectivity index (χ2n) is 7.60. The lowest BCUT2D eigenvalue weighted by Gasteiger charge is -2.16. The Morgan fingerprint density at radius 2 is 1.97 bits per heavy atom. The van der Waals surface area contributed by atoms with Crippen molar-refractivity contribution in [3.63, 3.8) is 0 Å². The number of nitrogens with one attached hydrogen (secondary N) is 2. The Labute approximate surface area is 199 Å². The molecule has 3 rings (SSSR count). The molecular weight excluding hydrogens is 429 g/mol. The number of aromatic nitrogens is 1. The summed E-state index contributed by atoms with van der Waals surface area (Å²) in [5.74, 6) is 1.00. The number of ether oxygens (including phenoxy) is 1. The van der Waals surface area contributed by atoms with Gasteiger partial charge in [-0.2, -0.15) is 0 Å². The van der Waals surface area contributed by atoms with Gasteiger partial charge in [0.05, 0.1) is 0 Å². The van der Waals surface area contributed by atoms with E-state index in [0.717, 1.165) is 23.1 Å². The number of allylic oxidation sites excluding steroid dienone is 1. The van der Waals surface area contributed by atoms with Crippen molar-refractivity contribution in [2.24, 2.45) is 0 Å². The van der Waals surface area contributed by atoms with E-state index in [9.17, 15) is 9.18 Å². The van der Waals surface area contributed by atoms with Gasteiger partial charge < -0.3 is 15.4 Å². The van der Waals surface area contributed by atoms with E-state index in [2.05, 4.69) is 28.8 Å². The summed E-state index contributed by atoms with van der Waals surface area (Å²) in [7, 11) is 0. The number of hydrogen-bond acceptors (Lipinski definition) is 4. The van der Waals surface area contributed by atoms with Crippen LogP contribution in [0.3, 0.4) is 0 Å². The van der Waals surface area contributed by atoms with Gasteiger partial charge in [0.25, 0.3) is 5.91 Å². The monoisotopic (exact) mass is 457 g/mol. The second-order valence-corrected chi connectivity index (χ2v) is 7.60. The molecule has 5 nitrogen and oxygen atoms in total. The van der Waals surface area contributed by atoms with Crippen LogP contribution >= 0.6 is 0 Å². The maximum absolute atomic E-state index is 13.4. The Balaban J connectivity index is 1.72. The van der Waals surface area contributed by atoms with E-state index in [4.69, 9.17) is 4.74 Å². The van der Waals surface area contributed by atoms with E-state index in [1.54, 1.807) is 30.5 Å². The van der Waals surface area contributed by atoms with Gasteiger partial charge in [-0.25, -0.2) is 9.37 Å². The fraction of sp³-hybridized carbons (Fsp3) is 0.143. The number of pyridine rings is 1. The number of carbonyl (C=O) groups excluding carboxylic acids is 1. The Hall–Kier alpha value is -4.19. The molecule has 0 aliphatic rings. The molecule has 0 atom stereocenters. The Kier molecular flexibility index (Phi) is 8.35. The molecule has 0 aliphatic heterocycles. The highest BCUT2D eigenvalue weighted by Crippen LogP contribution is 2.30. The molecule has 1 heterocycles. The van der Waals surface area contributed by atoms with Crippen LogP contribution in [0, 0.1) is 12.7 Å². The summed E-state index contributed by atoms with van der Waals surface area (Å²) in [4.78, 5) is 16.6. The number of hydrogen-bond donors (Lipinski definition) is 2. The highest BCUT2D eigenvalue weighted by molar-refractivity contribution is 6.05. The van der Waals surface area contributed by atoms with Gasteiger partial charge in [0.1, 0.15) is 23.1 Å². The number of anilines is 1. The van der Waals surface area contributed by atoms with Gasteiger partial charge in [0.2, 0.25) is 0 Å². The number of amides is 1. The van der Waals surface area contributed by atoms with Gasteiger partial charge in [0.15, 0.2) is 0 Å². The fourth-order valence-electron chi connectivity index (χ4n) is 3.35. The van der Waals surface area contributed by atoms with Gasteiger partial charge >= 0.3 is 0 Å². The number of halogens is 1. The lowest BCUT2D eigenvalue weighted by molar-refractivity contribution is -0.112. The van der Waals surface area contributed by atoms with Crippen LogP contribution in [-0.2, 0) is 11.3 Å². The molecular formula is C28H28FN3O2. The lowest BCUT2D eigenvalue weighted by atomic mass is 10.0. The van der Waals surface area contributed by atoms with Gasteiger partial charge in [-0.15, -0.1) is 0 Å². The molecule has 0 aliphatic carbocycles. The van der Waals surface area contributed by atoms with Crippen LogP contribution in [0.2, 0.25) is 0 Å². The molecule has 0 fully saturated rings. The Morgan fingerprint density at radius 3 is 2.71 bits per heavy atom. The fourth-order valence-corrected chi connectivity index (χ4v) is 3.35. The average molecular weight is 458 g/mol. The van der Waals surface area contributed by atoms with E-state index >= 15 is 0 Å². The maximum Gasteiger partial charge on any atom is 0.256 e. The Morgan fingerprint density at radius 1 is 1.18 bits per heavy atom. The quantitative estimate of drug-likeness (QED) is 0.268. The van der Waals surface area contributed by atoms with Crippen LogP contribution in [-0.4, -0.2) is 10.9 Å². The molecule has 1 aromatic heterocycles. The van der Waals surface area contributed by atoms with Crippen LogP contribution in [0.15, 0.2) is 91.7 Å². The van der Waals surface area contributed by atoms with Crippen LogP contribution < -0.4 is 15.4 Å². The minimum absolute atomic E-state index is 0.272. The molecule has 34 heavy (non-hydrogen) atoms. The molecule has 6 heteroatoms. The summed E-state index contributed by atoms with van der Waals surface area (Å²) in [5, 5.41) is 6.01. The molecule has 2 N–H and O–H groups in total. The molecule has 2 aromatic carbocycles. The zero-order valence-corrected chi connectivity index (χ0v) is 19.4. The van der Waals surface area contributed by atoms with Crippen LogP contribution in [0.1, 0.15) is 30.0 Å². The first-order valence-electron chi connectivity index (χ1n) is 11.0. The first-order valence-corrected chi connectivity index (χ1v) is 11.0. The van der Waals surface area contributed by atoms with Crippen LogP contribution in [0.25, 0.3) is 5.70 Å². The van der Waals surface area contributed by atoms with Crippen molar-refractivity contribution in [3.8, 4) is 11.5 Å². The predicted octanol–water partition coefficient (Wildman–Crippen LogP) is 6.54. The summed E-state index contributed by atoms with van der Waals surface area (Å²) >= 11 is 0. The molecule has 0 saturated heterocycles. The highest BCUT2D eigenvalue weighted by atomic mass is 19.1. The van der Waals surface area contributed by atoms with Crippen molar-refractivity contribution in [3.05, 3.63) is 114 Å². The molecule has 0 spiro atoms. The van der Waals surface area contributed by atoms with Crippen molar-refractivity contribution >= 4 is 17.4 Å². The molecule has 0 bridgehead atoms. The Bertz CT molecular complexity index is 1230. The summed E-state index contributed by atoms with van der Waals surface area (Å²) in [5.41, 5.74) is 3.79. The predicted molar refractivity (Wildman–Crippen MR) is 135 cm³/mol. The number of rotatable bonds is 10. The largest absolute Gasteiger partial charge is 0.457 e. The zero-order valence-electron chi connectivity index (χ0n) is 19.4. The third-order valence-corrected chi connectivity index (χ3v) is 5.11. The van der Waals surface area contributed by atoms with Gasteiger partial charge in [0, 0.05) is 41.2 Å². The standard InChI is InChI=1S/C28H28FN3O2/c1-5-9-22(6-2)28(33)32-27-17-24(14-15-30-27)34-26-13-8-12-25(19(26)3)20(4)31-18-21-10-7-11-23(29)16-21/h6-17,31H,2,4-5,18H2,1,3H3,(H,30,32,33)/b22-9+. The molecule has 0 saturated carbocycles. The minimum atomic E-state index is -0.277. The van der Waals surface area contributed by atoms with Crippen molar-refractivity contribution in [2.45, 2.75) is 26.8 Å². The number of nitrogens with zero attached hydrogens (tertiary/aromatic N) is 1. The molecule has 0 radical (unpaired) electrons. The van der Waals surface area contributed by atoms with Crippen LogP contribution in [0.4, 0.5) is 10.2 Å². The van der Waals surface area contributed by atoms with Crippen LogP contribution in [0.5, 0.6) is 11.5 Å². The van der Waals surface area contributed by atoms with Gasteiger partial charge in [-0.05, 0) is 43.2 Å². The summed E-state index contributed by atoms with van der Waals surface area (Å²) < 4.78 is 19.5. The highest BCUT2D eigenvalue weighted by Gasteiger charge is 2.11. The molecule has 0 unspecified atom stereocenters. The maximum atomic E-state index is 13.4. The van der Waals surface area contributed by atoms with E-state index in [0.29, 0.717) is 35.1 Å². The first-order chi connectivity index (χ1) is 16.4. The third kappa shape index (κ3) is 6.42. The smallest absolute Gasteiger partial charge is 0.256 e. The first kappa shape index (κ1) is 24.5. The van der Waals surface area contributed by atoms with E-state index in [-0.39, 0.29) is 11.7 Å². The molecule has 1 amide bonds. The average Bonchev–Trinajstić information content (AvgIpc) is 2.82. The van der Waals surface area contributed by atoms with E-state index < -0.39 is 0 Å². The summed E-state index contributed by atoms with van der Waals surface area (Å²) in [6, 6.07) is 15.5. The van der Waals surface area contributed by atoms with E-state index in [1.165, 1.54) is 18.2 Å². The second kappa shape index (κ2) is 11.6. The minimum Gasteiger partial charge on any atom is -0.457 e. The van der Waals surface area contributed by atoms with Crippen molar-refractivity contribution in [1.29, 1.82) is 0 Å². The third-order valence-electron chi connectivity index (χ3n) is 5.11. The summed E-state index contributed by atoms with van der Waals surface area (Å²) in [6.45, 7) is 12.1. The van der Waals surface area contributed by atoms with Gasteiger partial charge in [-0.1, -0.05) is 56.5 Å². The van der Waals surface area contributed by atoms with Crippen molar-refractivity contribution in [1.82, 2.24) is 10.3 Å². The number of carbonyl (C=O) groups is 1. The van der Waals surface area contributed by atoms with Crippen molar-refractivity contribution in [2.75, 3.05) is 5.32 Å². The van der Waals surface area contributed by atoms with E-state index in [1.807, 2.05) is 38.1 Å². The van der Waals surface area contributed by atoms with Crippen molar-refractivity contribution < 1.29 is 13.9 Å². The summed E-state index contributed by atoms with van der Waals surface area (Å²) in [6.07, 6.45) is 5.61. The lowest BCUT2D eigenvalue weighted by Crippen LogP contribution is -2.14.